The maximum atomic E-state index is 6.38. The molecule has 4 aliphatic carbocycles. The summed E-state index contributed by atoms with van der Waals surface area (Å²) in [5, 5.41) is 4.89. The molecule has 4 nitrogen and oxygen atoms in total. The van der Waals surface area contributed by atoms with Crippen molar-refractivity contribution < 1.29 is 4.42 Å². The van der Waals surface area contributed by atoms with Gasteiger partial charge in [0.1, 0.15) is 11.2 Å². The Morgan fingerprint density at radius 3 is 0.829 bits per heavy atom. The van der Waals surface area contributed by atoms with E-state index >= 15 is 0 Å². The van der Waals surface area contributed by atoms with Gasteiger partial charge in [-0.05, 0) is 244 Å². The van der Waals surface area contributed by atoms with Crippen LogP contribution in [0.4, 0.5) is 51.2 Å². The standard InChI is InChI=1S/C49H41N.C46H35NO.C46H35NS/c1-47(2)43-27-14-11-24-39(43)42-31-30-38(33-46(42)47)50(36-21-9-6-10-22-36)37-23-17-20-35(32-37)49(34-18-7-5-8-19-34)45-29-16-13-26-41(45)40-25-12-15-28-44(40)48(49,3)4;2*1-45(2)41-25-12-9-22-37(41)38-23-10-13-26-42(38)46(45,32-16-5-3-6-17-32)33-18-15-21-35(30-33)47(34-19-7-4-8-20-34)36-28-29-40-39-24-11-14-27-43(39)48-44(40)31-36/h5-33H,1-4H3;2*3-31H,1-2H3. The van der Waals surface area contributed by atoms with E-state index < -0.39 is 16.2 Å². The van der Waals surface area contributed by atoms with E-state index in [-0.39, 0.29) is 21.7 Å². The van der Waals surface area contributed by atoms with E-state index in [9.17, 15) is 0 Å². The first kappa shape index (κ1) is 90.3. The summed E-state index contributed by atoms with van der Waals surface area (Å²) in [6, 6.07) is 194. The first-order valence-corrected chi connectivity index (χ1v) is 52.0. The Hall–Kier alpha value is -17.0. The van der Waals surface area contributed by atoms with Crippen LogP contribution in [0.25, 0.3) is 86.6 Å². The Bertz CT molecular complexity index is 8560. The first-order valence-electron chi connectivity index (χ1n) is 51.2. The van der Waals surface area contributed by atoms with Crippen LogP contribution in [0.2, 0.25) is 0 Å². The van der Waals surface area contributed by atoms with Crippen LogP contribution in [0.5, 0.6) is 0 Å². The number of hydrogen-bond acceptors (Lipinski definition) is 5. The zero-order chi connectivity index (χ0) is 98.7. The van der Waals surface area contributed by atoms with Crippen molar-refractivity contribution in [2.75, 3.05) is 14.7 Å². The summed E-state index contributed by atoms with van der Waals surface area (Å²) < 4.78 is 9.00. The molecule has 146 heavy (non-hydrogen) atoms. The Kier molecular flexibility index (Phi) is 22.2. The van der Waals surface area contributed by atoms with Crippen molar-refractivity contribution in [2.45, 2.75) is 93.3 Å². The highest BCUT2D eigenvalue weighted by molar-refractivity contribution is 7.25. The summed E-state index contributed by atoms with van der Waals surface area (Å²) in [6.45, 7) is 19.3. The molecule has 0 fully saturated rings. The van der Waals surface area contributed by atoms with Gasteiger partial charge in [0.05, 0.1) is 16.2 Å². The Labute approximate surface area is 860 Å². The van der Waals surface area contributed by atoms with Gasteiger partial charge in [0, 0.05) is 110 Å². The van der Waals surface area contributed by atoms with Crippen LogP contribution in [0.15, 0.2) is 532 Å². The van der Waals surface area contributed by atoms with Gasteiger partial charge in [-0.25, -0.2) is 0 Å². The molecule has 27 rings (SSSR count). The summed E-state index contributed by atoms with van der Waals surface area (Å²) in [7, 11) is 0. The number of thiophene rings is 1. The van der Waals surface area contributed by atoms with Crippen molar-refractivity contribution in [1.29, 1.82) is 0 Å². The minimum Gasteiger partial charge on any atom is -0.456 e. The van der Waals surface area contributed by atoms with Crippen molar-refractivity contribution in [2.24, 2.45) is 0 Å². The van der Waals surface area contributed by atoms with Crippen LogP contribution in [0.1, 0.15) is 133 Å². The highest BCUT2D eigenvalue weighted by atomic mass is 32.1. The van der Waals surface area contributed by atoms with Gasteiger partial charge in [-0.3, -0.25) is 0 Å². The molecule has 23 aromatic rings. The van der Waals surface area contributed by atoms with Crippen molar-refractivity contribution in [3.05, 3.63) is 606 Å². The largest absolute Gasteiger partial charge is 0.456 e. The van der Waals surface area contributed by atoms with E-state index in [4.69, 9.17) is 4.42 Å². The smallest absolute Gasteiger partial charge is 0.137 e. The van der Waals surface area contributed by atoms with Gasteiger partial charge in [-0.2, -0.15) is 0 Å². The van der Waals surface area contributed by atoms with E-state index in [1.807, 2.05) is 23.5 Å². The minimum atomic E-state index is -0.472. The maximum absolute atomic E-state index is 6.38. The average molecular weight is 1900 g/mol. The van der Waals surface area contributed by atoms with E-state index in [1.165, 1.54) is 143 Å². The molecule has 2 aromatic heterocycles. The van der Waals surface area contributed by atoms with Crippen LogP contribution in [0.3, 0.4) is 0 Å². The fourth-order valence-corrected chi connectivity index (χ4v) is 27.6. The number of hydrogen-bond donors (Lipinski definition) is 0. The fraction of sp³-hybridized carbons (Fsp3) is 0.106. The summed E-state index contributed by atoms with van der Waals surface area (Å²) >= 11 is 1.86. The third kappa shape index (κ3) is 14.1. The lowest BCUT2D eigenvalue weighted by Gasteiger charge is -2.53. The SMILES string of the molecule is CC1(C)c2ccccc2-c2ccc(N(c3ccccc3)c3cccc(C4(c5ccccc5)c5ccccc5-c5ccccc5C4(C)C)c3)cc21.CC1(C)c2ccccc2-c2ccccc2C1(c1ccccc1)c1cccc(N(c2ccccc2)c2ccc3c(c2)oc2ccccc23)c1.CC1(C)c2ccccc2-c2ccccc2C1(c1ccccc1)c1cccc(N(c2ccccc2)c2ccc3c(c2)sc2ccccc23)c1. The van der Waals surface area contributed by atoms with Crippen LogP contribution in [-0.4, -0.2) is 0 Å². The molecule has 0 bridgehead atoms. The second-order valence-electron chi connectivity index (χ2n) is 41.6. The first-order chi connectivity index (χ1) is 71.5. The molecular formula is C141H111N3OS. The molecule has 0 spiro atoms. The van der Waals surface area contributed by atoms with Crippen molar-refractivity contribution >= 4 is 105 Å². The maximum Gasteiger partial charge on any atom is 0.137 e. The molecule has 0 saturated carbocycles. The topological polar surface area (TPSA) is 22.9 Å². The summed E-state index contributed by atoms with van der Waals surface area (Å²) in [4.78, 5) is 7.21. The average Bonchev–Trinajstić information content (AvgIpc) is 0.913. The molecule has 2 heterocycles. The number of benzene rings is 21. The van der Waals surface area contributed by atoms with Gasteiger partial charge in [0.25, 0.3) is 0 Å². The summed E-state index contributed by atoms with van der Waals surface area (Å²) in [6.07, 6.45) is 0. The number of fused-ring (bicyclic) bond motifs is 18. The molecule has 3 unspecified atom stereocenters. The van der Waals surface area contributed by atoms with Crippen LogP contribution >= 0.6 is 11.3 Å². The lowest BCUT2D eigenvalue weighted by molar-refractivity contribution is 0.353. The highest BCUT2D eigenvalue weighted by Crippen LogP contribution is 2.66. The predicted molar refractivity (Wildman–Crippen MR) is 615 cm³/mol. The molecule has 21 aromatic carbocycles. The van der Waals surface area contributed by atoms with Gasteiger partial charge >= 0.3 is 0 Å². The van der Waals surface area contributed by atoms with Gasteiger partial charge in [0.2, 0.25) is 0 Å². The number of anilines is 9. The Morgan fingerprint density at radius 2 is 0.425 bits per heavy atom. The van der Waals surface area contributed by atoms with E-state index in [1.54, 1.807) is 0 Å². The Morgan fingerprint density at radius 1 is 0.164 bits per heavy atom. The van der Waals surface area contributed by atoms with Gasteiger partial charge in [0.15, 0.2) is 0 Å². The molecule has 0 N–H and O–H groups in total. The van der Waals surface area contributed by atoms with Gasteiger partial charge in [-0.1, -0.05) is 456 Å². The fourth-order valence-electron chi connectivity index (χ4n) is 26.4. The lowest BCUT2D eigenvalue weighted by atomic mass is 9.49. The summed E-state index contributed by atoms with van der Waals surface area (Å²) in [5.41, 5.74) is 38.7. The van der Waals surface area contributed by atoms with Crippen molar-refractivity contribution in [3.63, 3.8) is 0 Å². The van der Waals surface area contributed by atoms with Gasteiger partial charge in [-0.15, -0.1) is 11.3 Å². The van der Waals surface area contributed by atoms with Crippen LogP contribution < -0.4 is 14.7 Å². The van der Waals surface area contributed by atoms with Crippen LogP contribution in [-0.2, 0) is 37.9 Å². The molecule has 4 aliphatic rings. The monoisotopic (exact) mass is 1890 g/mol. The zero-order valence-corrected chi connectivity index (χ0v) is 84.2. The third-order valence-corrected chi connectivity index (χ3v) is 34.0. The number of para-hydroxylation sites is 4. The lowest BCUT2D eigenvalue weighted by Crippen LogP contribution is -2.49. The Balaban J connectivity index is 0.000000114. The van der Waals surface area contributed by atoms with E-state index in [0.717, 1.165) is 73.1 Å². The quantitative estimate of drug-likeness (QED) is 0.102. The summed E-state index contributed by atoms with van der Waals surface area (Å²) in [5.74, 6) is 0. The highest BCUT2D eigenvalue weighted by Gasteiger charge is 2.58. The molecule has 0 saturated heterocycles. The predicted octanol–water partition coefficient (Wildman–Crippen LogP) is 37.9. The normalized spacial score (nSPS) is 16.8. The molecule has 0 amide bonds. The van der Waals surface area contributed by atoms with E-state index in [2.05, 4.69) is 586 Å². The van der Waals surface area contributed by atoms with Crippen LogP contribution in [0, 0.1) is 0 Å². The number of rotatable bonds is 15. The molecule has 0 radical (unpaired) electrons. The van der Waals surface area contributed by atoms with Crippen molar-refractivity contribution in [3.8, 4) is 44.5 Å². The molecule has 0 aliphatic heterocycles. The molecule has 5 heteroatoms. The number of furan rings is 1. The zero-order valence-electron chi connectivity index (χ0n) is 83.4. The van der Waals surface area contributed by atoms with Crippen molar-refractivity contribution in [1.82, 2.24) is 0 Å². The number of nitrogens with zero attached hydrogens (tertiary/aromatic N) is 3. The second kappa shape index (κ2) is 35.9. The molecule has 3 atom stereocenters. The minimum absolute atomic E-state index is 0.0905. The van der Waals surface area contributed by atoms with E-state index in [0.29, 0.717) is 0 Å². The van der Waals surface area contributed by atoms with Gasteiger partial charge < -0.3 is 19.1 Å². The second-order valence-corrected chi connectivity index (χ2v) is 42.7. The molecular weight excluding hydrogens is 1780 g/mol. The third-order valence-electron chi connectivity index (χ3n) is 32.8. The molecule has 702 valence electrons.